The van der Waals surface area contributed by atoms with Crippen LogP contribution in [0.25, 0.3) is 10.9 Å². The van der Waals surface area contributed by atoms with Crippen molar-refractivity contribution in [3.63, 3.8) is 0 Å². The number of hydrogen-bond acceptors (Lipinski definition) is 7. The number of H-pyrrole nitrogens is 1. The topological polar surface area (TPSA) is 151 Å². The molecule has 262 valence electrons. The Morgan fingerprint density at radius 2 is 1.52 bits per heavy atom. The molecule has 5 aromatic carbocycles. The molecular formula is C39H32N3O8PS. The SMILES string of the molecule is Cc1cc(C)cc(NC(=S)Nc2ccc3c(c2)C(=O)OC32c3ccc(OCCc4c[nH]c5ccccc45)cc3Oc3cc(OP(=O)(O)O)ccc32)c1. The third kappa shape index (κ3) is 6.26. The van der Waals surface area contributed by atoms with Gasteiger partial charge in [-0.1, -0.05) is 30.3 Å². The number of rotatable bonds is 8. The predicted molar refractivity (Wildman–Crippen MR) is 201 cm³/mol. The summed E-state index contributed by atoms with van der Waals surface area (Å²) >= 11 is 5.58. The van der Waals surface area contributed by atoms with Crippen LogP contribution in [0, 0.1) is 13.8 Å². The Kier molecular flexibility index (Phi) is 8.27. The number of aryl methyl sites for hydroxylation is 2. The van der Waals surface area contributed by atoms with E-state index in [0.29, 0.717) is 57.6 Å². The molecule has 1 atom stereocenters. The molecule has 11 nitrogen and oxygen atoms in total. The van der Waals surface area contributed by atoms with Crippen molar-refractivity contribution in [3.05, 3.63) is 142 Å². The average molecular weight is 734 g/mol. The number of aromatic amines is 1. The van der Waals surface area contributed by atoms with E-state index in [1.807, 2.05) is 50.4 Å². The van der Waals surface area contributed by atoms with Crippen molar-refractivity contribution in [2.24, 2.45) is 0 Å². The molecule has 0 radical (unpaired) electrons. The summed E-state index contributed by atoms with van der Waals surface area (Å²) in [7, 11) is -4.87. The molecule has 52 heavy (non-hydrogen) atoms. The van der Waals surface area contributed by atoms with Crippen LogP contribution in [0.15, 0.2) is 103 Å². The smallest absolute Gasteiger partial charge is 0.493 e. The Hall–Kier alpha value is -5.65. The van der Waals surface area contributed by atoms with Crippen molar-refractivity contribution < 1.29 is 37.9 Å². The number of benzene rings is 5. The second-order valence-corrected chi connectivity index (χ2v) is 14.3. The number of hydrogen-bond donors (Lipinski definition) is 5. The van der Waals surface area contributed by atoms with Gasteiger partial charge in [0, 0.05) is 63.7 Å². The summed E-state index contributed by atoms with van der Waals surface area (Å²) in [5.41, 5.74) is 6.20. The molecule has 5 N–H and O–H groups in total. The zero-order valence-electron chi connectivity index (χ0n) is 27.9. The number of thiocarbonyl (C=S) groups is 1. The van der Waals surface area contributed by atoms with Gasteiger partial charge in [-0.25, -0.2) is 9.36 Å². The van der Waals surface area contributed by atoms with Crippen LogP contribution in [-0.4, -0.2) is 32.5 Å². The second-order valence-electron chi connectivity index (χ2n) is 12.7. The number of fused-ring (bicyclic) bond motifs is 7. The number of esters is 1. The lowest BCUT2D eigenvalue weighted by molar-refractivity contribution is 0.0224. The van der Waals surface area contributed by atoms with E-state index < -0.39 is 19.4 Å². The number of ether oxygens (including phenoxy) is 3. The van der Waals surface area contributed by atoms with E-state index in [0.717, 1.165) is 33.3 Å². The molecule has 1 aromatic heterocycles. The molecule has 13 heteroatoms. The fourth-order valence-electron chi connectivity index (χ4n) is 7.01. The summed E-state index contributed by atoms with van der Waals surface area (Å²) in [6, 6.07) is 29.1. The highest BCUT2D eigenvalue weighted by Crippen LogP contribution is 2.57. The fraction of sp³-hybridized carbons (Fsp3) is 0.128. The summed E-state index contributed by atoms with van der Waals surface area (Å²) in [5, 5.41) is 7.84. The molecule has 0 amide bonds. The summed E-state index contributed by atoms with van der Waals surface area (Å²) < 4.78 is 35.4. The summed E-state index contributed by atoms with van der Waals surface area (Å²) in [4.78, 5) is 36.0. The molecule has 0 aliphatic carbocycles. The van der Waals surface area contributed by atoms with Crippen molar-refractivity contribution in [2.75, 3.05) is 17.2 Å². The minimum absolute atomic E-state index is 0.120. The Balaban J connectivity index is 1.12. The van der Waals surface area contributed by atoms with Crippen molar-refractivity contribution in [1.82, 2.24) is 4.98 Å². The van der Waals surface area contributed by atoms with Crippen molar-refractivity contribution in [2.45, 2.75) is 25.9 Å². The van der Waals surface area contributed by atoms with Crippen LogP contribution in [0.5, 0.6) is 23.0 Å². The number of carbonyl (C=O) groups excluding carboxylic acids is 1. The van der Waals surface area contributed by atoms with E-state index in [9.17, 15) is 19.1 Å². The van der Waals surface area contributed by atoms with Crippen LogP contribution >= 0.6 is 20.0 Å². The molecule has 0 saturated heterocycles. The standard InChI is InChI=1S/C39H32N3O8PS/c1-22-15-23(2)17-26(16-22)42-38(52)41-25-7-10-31-30(18-25)37(43)49-39(31)32-11-8-27(47-14-13-24-21-40-34-6-4-3-5-29(24)34)19-35(32)48-36-20-28(9-12-33(36)39)50-51(44,45)46/h3-12,15-21,40H,13-14H2,1-2H3,(H2,41,42,52)(H2,44,45,46). The summed E-state index contributed by atoms with van der Waals surface area (Å²) in [5.74, 6) is 0.364. The Bertz CT molecular complexity index is 2460. The monoisotopic (exact) mass is 733 g/mol. The molecule has 0 bridgehead atoms. The number of nitrogens with one attached hydrogen (secondary N) is 3. The Labute approximate surface area is 303 Å². The largest absolute Gasteiger partial charge is 0.524 e. The second kappa shape index (κ2) is 12.8. The highest BCUT2D eigenvalue weighted by molar-refractivity contribution is 7.80. The normalized spacial score (nSPS) is 15.7. The predicted octanol–water partition coefficient (Wildman–Crippen LogP) is 8.25. The number of phosphoric ester groups is 1. The molecule has 0 saturated carbocycles. The van der Waals surface area contributed by atoms with Gasteiger partial charge in [0.15, 0.2) is 10.7 Å². The molecule has 8 rings (SSSR count). The van der Waals surface area contributed by atoms with Gasteiger partial charge in [0.1, 0.15) is 23.0 Å². The lowest BCUT2D eigenvalue weighted by Crippen LogP contribution is -2.33. The number of para-hydroxylation sites is 1. The molecule has 2 aliphatic rings. The van der Waals surface area contributed by atoms with Crippen LogP contribution in [0.2, 0.25) is 0 Å². The van der Waals surface area contributed by atoms with Gasteiger partial charge in [-0.3, -0.25) is 9.79 Å². The molecule has 6 aromatic rings. The first kappa shape index (κ1) is 33.5. The van der Waals surface area contributed by atoms with Crippen molar-refractivity contribution in [1.29, 1.82) is 0 Å². The van der Waals surface area contributed by atoms with E-state index in [2.05, 4.69) is 27.8 Å². The van der Waals surface area contributed by atoms with Gasteiger partial charge in [-0.15, -0.1) is 0 Å². The minimum Gasteiger partial charge on any atom is -0.493 e. The van der Waals surface area contributed by atoms with E-state index >= 15 is 0 Å². The van der Waals surface area contributed by atoms with E-state index in [-0.39, 0.29) is 11.5 Å². The van der Waals surface area contributed by atoms with Gasteiger partial charge in [0.05, 0.1) is 12.2 Å². The maximum Gasteiger partial charge on any atom is 0.524 e. The highest BCUT2D eigenvalue weighted by atomic mass is 32.1. The molecule has 1 spiro atoms. The Morgan fingerprint density at radius 3 is 2.27 bits per heavy atom. The quantitative estimate of drug-likeness (QED) is 0.0584. The zero-order chi connectivity index (χ0) is 36.2. The van der Waals surface area contributed by atoms with E-state index in [1.54, 1.807) is 42.5 Å². The first-order valence-electron chi connectivity index (χ1n) is 16.4. The van der Waals surface area contributed by atoms with Gasteiger partial charge in [-0.05, 0) is 97.4 Å². The van der Waals surface area contributed by atoms with Crippen LogP contribution in [-0.2, 0) is 21.3 Å². The molecule has 1 unspecified atom stereocenters. The van der Waals surface area contributed by atoms with Crippen LogP contribution in [0.3, 0.4) is 0 Å². The molecular weight excluding hydrogens is 701 g/mol. The third-order valence-electron chi connectivity index (χ3n) is 9.03. The maximum absolute atomic E-state index is 13.7. The van der Waals surface area contributed by atoms with E-state index in [1.165, 1.54) is 12.1 Å². The molecule has 3 heterocycles. The molecule has 0 fully saturated rings. The minimum atomic E-state index is -4.87. The maximum atomic E-state index is 13.7. The number of carbonyl (C=O) groups is 1. The number of phosphoric acid groups is 1. The van der Waals surface area contributed by atoms with Gasteiger partial charge < -0.3 is 34.4 Å². The lowest BCUT2D eigenvalue weighted by atomic mass is 9.77. The number of aromatic nitrogens is 1. The highest BCUT2D eigenvalue weighted by Gasteiger charge is 2.54. The summed E-state index contributed by atoms with van der Waals surface area (Å²) in [6.07, 6.45) is 2.63. The lowest BCUT2D eigenvalue weighted by Gasteiger charge is -2.36. The molecule has 2 aliphatic heterocycles. The van der Waals surface area contributed by atoms with Crippen LogP contribution < -0.4 is 24.6 Å². The van der Waals surface area contributed by atoms with Crippen LogP contribution in [0.4, 0.5) is 11.4 Å². The first-order chi connectivity index (χ1) is 24.9. The fourth-order valence-corrected chi connectivity index (χ4v) is 7.63. The van der Waals surface area contributed by atoms with E-state index in [4.69, 9.17) is 31.0 Å². The van der Waals surface area contributed by atoms with Gasteiger partial charge in [-0.2, -0.15) is 0 Å². The third-order valence-corrected chi connectivity index (χ3v) is 9.68. The zero-order valence-corrected chi connectivity index (χ0v) is 29.6. The van der Waals surface area contributed by atoms with Crippen molar-refractivity contribution in [3.8, 4) is 23.0 Å². The van der Waals surface area contributed by atoms with Crippen LogP contribution in [0.1, 0.15) is 43.7 Å². The summed E-state index contributed by atoms with van der Waals surface area (Å²) in [6.45, 7) is 4.40. The van der Waals surface area contributed by atoms with Crippen molar-refractivity contribution >= 4 is 53.4 Å². The average Bonchev–Trinajstić information content (AvgIpc) is 3.62. The number of anilines is 2. The van der Waals surface area contributed by atoms with Gasteiger partial charge >= 0.3 is 13.8 Å². The van der Waals surface area contributed by atoms with Gasteiger partial charge in [0.25, 0.3) is 0 Å². The van der Waals surface area contributed by atoms with Gasteiger partial charge in [0.2, 0.25) is 0 Å². The first-order valence-corrected chi connectivity index (χ1v) is 18.3. The Morgan fingerprint density at radius 1 is 0.846 bits per heavy atom.